The molecule has 0 radical (unpaired) electrons. The summed E-state index contributed by atoms with van der Waals surface area (Å²) in [7, 11) is 0. The maximum absolute atomic E-state index is 13.1. The van der Waals surface area contributed by atoms with Crippen LogP contribution in [0.5, 0.6) is 0 Å². The van der Waals surface area contributed by atoms with E-state index in [1.165, 1.54) is 6.20 Å². The van der Waals surface area contributed by atoms with Crippen LogP contribution in [0.1, 0.15) is 21.6 Å². The van der Waals surface area contributed by atoms with Crippen molar-refractivity contribution in [1.29, 1.82) is 0 Å². The molecule has 0 spiro atoms. The van der Waals surface area contributed by atoms with Gasteiger partial charge in [0.15, 0.2) is 0 Å². The van der Waals surface area contributed by atoms with Gasteiger partial charge in [0, 0.05) is 11.3 Å². The normalized spacial score (nSPS) is 11.3. The average Bonchev–Trinajstić information content (AvgIpc) is 2.40. The SMILES string of the molecule is Cc1ccc(NC(=O)c2ccc(F)c(C(F)(F)F)c2)cn1. The number of benzene rings is 1. The van der Waals surface area contributed by atoms with Gasteiger partial charge in [-0.1, -0.05) is 0 Å². The van der Waals surface area contributed by atoms with E-state index < -0.39 is 23.5 Å². The van der Waals surface area contributed by atoms with Crippen LogP contribution in [0, 0.1) is 12.7 Å². The van der Waals surface area contributed by atoms with Crippen LogP contribution >= 0.6 is 0 Å². The molecule has 0 saturated carbocycles. The van der Waals surface area contributed by atoms with E-state index in [1.807, 2.05) is 0 Å². The quantitative estimate of drug-likeness (QED) is 0.857. The van der Waals surface area contributed by atoms with E-state index >= 15 is 0 Å². The number of anilines is 1. The summed E-state index contributed by atoms with van der Waals surface area (Å²) in [4.78, 5) is 15.8. The van der Waals surface area contributed by atoms with Crippen LogP contribution in [0.2, 0.25) is 0 Å². The van der Waals surface area contributed by atoms with E-state index in [0.29, 0.717) is 17.8 Å². The third-order valence-electron chi connectivity index (χ3n) is 2.70. The van der Waals surface area contributed by atoms with Crippen LogP contribution in [0.4, 0.5) is 23.2 Å². The van der Waals surface area contributed by atoms with Crippen molar-refractivity contribution in [2.45, 2.75) is 13.1 Å². The summed E-state index contributed by atoms with van der Waals surface area (Å²) in [6.07, 6.45) is -3.48. The second kappa shape index (κ2) is 5.51. The zero-order valence-corrected chi connectivity index (χ0v) is 10.8. The van der Waals surface area contributed by atoms with Crippen molar-refractivity contribution in [1.82, 2.24) is 4.98 Å². The Bertz CT molecular complexity index is 666. The highest BCUT2D eigenvalue weighted by atomic mass is 19.4. The maximum atomic E-state index is 13.1. The Morgan fingerprint density at radius 2 is 1.90 bits per heavy atom. The first-order valence-corrected chi connectivity index (χ1v) is 5.88. The number of amides is 1. The third kappa shape index (κ3) is 3.56. The first-order valence-electron chi connectivity index (χ1n) is 5.88. The predicted molar refractivity (Wildman–Crippen MR) is 68.3 cm³/mol. The number of rotatable bonds is 2. The fourth-order valence-electron chi connectivity index (χ4n) is 1.63. The number of hydrogen-bond donors (Lipinski definition) is 1. The number of carbonyl (C=O) groups is 1. The summed E-state index contributed by atoms with van der Waals surface area (Å²) in [6.45, 7) is 1.75. The highest BCUT2D eigenvalue weighted by Crippen LogP contribution is 2.32. The minimum atomic E-state index is -4.86. The number of alkyl halides is 3. The Labute approximate surface area is 117 Å². The lowest BCUT2D eigenvalue weighted by atomic mass is 10.1. The zero-order valence-electron chi connectivity index (χ0n) is 10.8. The Balaban J connectivity index is 2.25. The number of hydrogen-bond acceptors (Lipinski definition) is 2. The topological polar surface area (TPSA) is 42.0 Å². The van der Waals surface area contributed by atoms with Gasteiger partial charge in [0.25, 0.3) is 5.91 Å². The molecule has 0 unspecified atom stereocenters. The second-order valence-electron chi connectivity index (χ2n) is 4.33. The van der Waals surface area contributed by atoms with Gasteiger partial charge in [0.2, 0.25) is 0 Å². The van der Waals surface area contributed by atoms with Crippen LogP contribution in [0.25, 0.3) is 0 Å². The molecule has 0 aliphatic heterocycles. The van der Waals surface area contributed by atoms with Crippen molar-refractivity contribution in [2.24, 2.45) is 0 Å². The molecule has 1 heterocycles. The van der Waals surface area contributed by atoms with E-state index in [0.717, 1.165) is 11.8 Å². The van der Waals surface area contributed by atoms with Gasteiger partial charge in [0.1, 0.15) is 5.82 Å². The van der Waals surface area contributed by atoms with Gasteiger partial charge >= 0.3 is 6.18 Å². The van der Waals surface area contributed by atoms with Gasteiger partial charge < -0.3 is 5.32 Å². The van der Waals surface area contributed by atoms with E-state index in [1.54, 1.807) is 19.1 Å². The summed E-state index contributed by atoms with van der Waals surface area (Å²) >= 11 is 0. The van der Waals surface area contributed by atoms with Crippen LogP contribution < -0.4 is 5.32 Å². The number of carbonyl (C=O) groups excluding carboxylic acids is 1. The molecule has 2 aromatic rings. The Morgan fingerprint density at radius 3 is 2.48 bits per heavy atom. The van der Waals surface area contributed by atoms with E-state index in [4.69, 9.17) is 0 Å². The highest BCUT2D eigenvalue weighted by Gasteiger charge is 2.34. The summed E-state index contributed by atoms with van der Waals surface area (Å²) < 4.78 is 50.9. The number of halogens is 4. The largest absolute Gasteiger partial charge is 0.419 e. The predicted octanol–water partition coefficient (Wildman–Crippen LogP) is 3.80. The minimum absolute atomic E-state index is 0.288. The molecule has 0 atom stereocenters. The number of aromatic nitrogens is 1. The molecule has 2 rings (SSSR count). The van der Waals surface area contributed by atoms with Crippen LogP contribution in [0.3, 0.4) is 0 Å². The van der Waals surface area contributed by atoms with Crippen LogP contribution in [-0.2, 0) is 6.18 Å². The van der Waals surface area contributed by atoms with Gasteiger partial charge in [-0.2, -0.15) is 13.2 Å². The molecule has 1 aromatic carbocycles. The fraction of sp³-hybridized carbons (Fsp3) is 0.143. The minimum Gasteiger partial charge on any atom is -0.321 e. The lowest BCUT2D eigenvalue weighted by Gasteiger charge is -2.10. The first-order chi connectivity index (χ1) is 9.77. The molecule has 0 fully saturated rings. The third-order valence-corrected chi connectivity index (χ3v) is 2.70. The molecule has 110 valence electrons. The van der Waals surface area contributed by atoms with E-state index in [9.17, 15) is 22.4 Å². The van der Waals surface area contributed by atoms with Gasteiger partial charge in [-0.15, -0.1) is 0 Å². The molecule has 0 saturated heterocycles. The smallest absolute Gasteiger partial charge is 0.321 e. The van der Waals surface area contributed by atoms with Crippen LogP contribution in [-0.4, -0.2) is 10.9 Å². The van der Waals surface area contributed by atoms with E-state index in [2.05, 4.69) is 10.3 Å². The monoisotopic (exact) mass is 298 g/mol. The van der Waals surface area contributed by atoms with Crippen LogP contribution in [0.15, 0.2) is 36.5 Å². The average molecular weight is 298 g/mol. The Morgan fingerprint density at radius 1 is 1.19 bits per heavy atom. The van der Waals surface area contributed by atoms with Crippen molar-refractivity contribution in [2.75, 3.05) is 5.32 Å². The lowest BCUT2D eigenvalue weighted by Crippen LogP contribution is -2.15. The van der Waals surface area contributed by atoms with Crippen molar-refractivity contribution in [3.05, 3.63) is 59.2 Å². The van der Waals surface area contributed by atoms with E-state index in [-0.39, 0.29) is 5.56 Å². The summed E-state index contributed by atoms with van der Waals surface area (Å²) in [5, 5.41) is 2.39. The van der Waals surface area contributed by atoms with Crippen molar-refractivity contribution in [3.8, 4) is 0 Å². The molecule has 21 heavy (non-hydrogen) atoms. The summed E-state index contributed by atoms with van der Waals surface area (Å²) in [5.74, 6) is -2.19. The van der Waals surface area contributed by atoms with Gasteiger partial charge in [0.05, 0.1) is 17.4 Å². The first kappa shape index (κ1) is 15.0. The number of aryl methyl sites for hydroxylation is 1. The fourth-order valence-corrected chi connectivity index (χ4v) is 1.63. The van der Waals surface area contributed by atoms with Crippen molar-refractivity contribution < 1.29 is 22.4 Å². The molecule has 1 aromatic heterocycles. The molecular weight excluding hydrogens is 288 g/mol. The summed E-state index contributed by atoms with van der Waals surface area (Å²) in [5.41, 5.74) is -0.695. The Hall–Kier alpha value is -2.44. The molecule has 1 amide bonds. The molecule has 1 N–H and O–H groups in total. The summed E-state index contributed by atoms with van der Waals surface area (Å²) in [6, 6.07) is 5.29. The number of pyridine rings is 1. The van der Waals surface area contributed by atoms with Gasteiger partial charge in [-0.25, -0.2) is 4.39 Å². The molecular formula is C14H10F4N2O. The standard InChI is InChI=1S/C14H10F4N2O/c1-8-2-4-10(7-19-8)20-13(21)9-3-5-12(15)11(6-9)14(16,17)18/h2-7H,1H3,(H,20,21). The molecule has 0 aliphatic rings. The second-order valence-corrected chi connectivity index (χ2v) is 4.33. The molecule has 3 nitrogen and oxygen atoms in total. The lowest BCUT2D eigenvalue weighted by molar-refractivity contribution is -0.140. The maximum Gasteiger partial charge on any atom is 0.419 e. The zero-order chi connectivity index (χ0) is 15.6. The van der Waals surface area contributed by atoms with Gasteiger partial charge in [-0.05, 0) is 37.3 Å². The molecule has 7 heteroatoms. The van der Waals surface area contributed by atoms with Gasteiger partial charge in [-0.3, -0.25) is 9.78 Å². The highest BCUT2D eigenvalue weighted by molar-refractivity contribution is 6.04. The molecule has 0 aliphatic carbocycles. The van der Waals surface area contributed by atoms with Crippen molar-refractivity contribution in [3.63, 3.8) is 0 Å². The van der Waals surface area contributed by atoms with Crippen molar-refractivity contribution >= 4 is 11.6 Å². The number of nitrogens with zero attached hydrogens (tertiary/aromatic N) is 1. The Kier molecular flexibility index (Phi) is 3.93. The number of nitrogens with one attached hydrogen (secondary N) is 1. The molecule has 0 bridgehead atoms.